The zero-order valence-electron chi connectivity index (χ0n) is 12.2. The second kappa shape index (κ2) is 5.38. The number of carboxylic acid groups (broad SMARTS) is 1. The molecule has 0 radical (unpaired) electrons. The summed E-state index contributed by atoms with van der Waals surface area (Å²) in [6, 6.07) is 7.88. The van der Waals surface area contributed by atoms with Gasteiger partial charge in [0.05, 0.1) is 5.39 Å². The fraction of sp³-hybridized carbons (Fsp3) is 0.188. The maximum absolute atomic E-state index is 12.7. The molecule has 0 amide bonds. The zero-order valence-corrected chi connectivity index (χ0v) is 13.0. The number of thiophene rings is 1. The van der Waals surface area contributed by atoms with Crippen LogP contribution in [0.3, 0.4) is 0 Å². The van der Waals surface area contributed by atoms with Gasteiger partial charge < -0.3 is 5.11 Å². The molecule has 22 heavy (non-hydrogen) atoms. The SMILES string of the molecule is Cc1ccc(-c2csc3nc(C)n(CC(=O)O)c(=O)c23)cc1. The molecule has 0 fully saturated rings. The molecule has 1 N–H and O–H groups in total. The van der Waals surface area contributed by atoms with Crippen LogP contribution in [0.5, 0.6) is 0 Å². The predicted molar refractivity (Wildman–Crippen MR) is 86.4 cm³/mol. The van der Waals surface area contributed by atoms with Crippen LogP contribution < -0.4 is 5.56 Å². The third-order valence-electron chi connectivity index (χ3n) is 3.54. The summed E-state index contributed by atoms with van der Waals surface area (Å²) in [5.41, 5.74) is 2.57. The van der Waals surface area contributed by atoms with Crippen molar-refractivity contribution in [1.82, 2.24) is 9.55 Å². The quantitative estimate of drug-likeness (QED) is 0.807. The van der Waals surface area contributed by atoms with Gasteiger partial charge in [0.15, 0.2) is 0 Å². The van der Waals surface area contributed by atoms with Crippen LogP contribution in [0.1, 0.15) is 11.4 Å². The number of carbonyl (C=O) groups is 1. The van der Waals surface area contributed by atoms with Gasteiger partial charge in [-0.15, -0.1) is 11.3 Å². The molecule has 3 aromatic rings. The summed E-state index contributed by atoms with van der Waals surface area (Å²) in [5.74, 6) is -0.643. The lowest BCUT2D eigenvalue weighted by molar-refractivity contribution is -0.137. The van der Waals surface area contributed by atoms with Crippen molar-refractivity contribution in [2.24, 2.45) is 0 Å². The number of benzene rings is 1. The number of aromatic nitrogens is 2. The Balaban J connectivity index is 2.27. The first kappa shape index (κ1) is 14.5. The first-order valence-electron chi connectivity index (χ1n) is 6.75. The fourth-order valence-electron chi connectivity index (χ4n) is 2.39. The number of aliphatic carboxylic acids is 1. The van der Waals surface area contributed by atoms with Crippen LogP contribution in [0.2, 0.25) is 0 Å². The van der Waals surface area contributed by atoms with E-state index in [0.717, 1.165) is 16.7 Å². The van der Waals surface area contributed by atoms with Gasteiger partial charge in [0.25, 0.3) is 5.56 Å². The molecule has 0 unspecified atom stereocenters. The molecule has 0 bridgehead atoms. The van der Waals surface area contributed by atoms with E-state index in [1.165, 1.54) is 15.9 Å². The van der Waals surface area contributed by atoms with Crippen molar-refractivity contribution in [3.8, 4) is 11.1 Å². The smallest absolute Gasteiger partial charge is 0.323 e. The monoisotopic (exact) mass is 314 g/mol. The first-order chi connectivity index (χ1) is 10.5. The molecular formula is C16H14N2O3S. The maximum Gasteiger partial charge on any atom is 0.323 e. The Morgan fingerprint density at radius 1 is 1.27 bits per heavy atom. The molecule has 0 aliphatic heterocycles. The van der Waals surface area contributed by atoms with Crippen molar-refractivity contribution in [2.75, 3.05) is 0 Å². The average Bonchev–Trinajstić information content (AvgIpc) is 2.88. The van der Waals surface area contributed by atoms with E-state index in [-0.39, 0.29) is 12.1 Å². The van der Waals surface area contributed by atoms with Crippen LogP contribution >= 0.6 is 11.3 Å². The van der Waals surface area contributed by atoms with E-state index in [1.54, 1.807) is 6.92 Å². The number of fused-ring (bicyclic) bond motifs is 1. The van der Waals surface area contributed by atoms with Crippen LogP contribution in [-0.4, -0.2) is 20.6 Å². The van der Waals surface area contributed by atoms with Gasteiger partial charge in [0.1, 0.15) is 17.2 Å². The molecule has 1 aromatic carbocycles. The summed E-state index contributed by atoms with van der Waals surface area (Å²) in [6.45, 7) is 3.27. The van der Waals surface area contributed by atoms with E-state index in [4.69, 9.17) is 5.11 Å². The highest BCUT2D eigenvalue weighted by Crippen LogP contribution is 2.31. The van der Waals surface area contributed by atoms with Crippen molar-refractivity contribution in [3.63, 3.8) is 0 Å². The Kier molecular flexibility index (Phi) is 3.54. The molecule has 2 aromatic heterocycles. The van der Waals surface area contributed by atoms with Crippen molar-refractivity contribution >= 4 is 27.5 Å². The normalized spacial score (nSPS) is 11.0. The molecule has 2 heterocycles. The van der Waals surface area contributed by atoms with Gasteiger partial charge in [0, 0.05) is 10.9 Å². The summed E-state index contributed by atoms with van der Waals surface area (Å²) in [5, 5.41) is 11.4. The highest BCUT2D eigenvalue weighted by Gasteiger charge is 2.16. The molecule has 0 saturated heterocycles. The minimum atomic E-state index is -1.06. The molecule has 6 heteroatoms. The fourth-order valence-corrected chi connectivity index (χ4v) is 3.38. The third kappa shape index (κ3) is 2.42. The molecule has 3 rings (SSSR count). The molecule has 112 valence electrons. The van der Waals surface area contributed by atoms with Gasteiger partial charge in [-0.25, -0.2) is 4.98 Å². The van der Waals surface area contributed by atoms with Gasteiger partial charge >= 0.3 is 5.97 Å². The predicted octanol–water partition coefficient (Wildman–Crippen LogP) is 2.83. The Hall–Kier alpha value is -2.47. The second-order valence-corrected chi connectivity index (χ2v) is 6.00. The summed E-state index contributed by atoms with van der Waals surface area (Å²) < 4.78 is 1.20. The Morgan fingerprint density at radius 3 is 2.59 bits per heavy atom. The van der Waals surface area contributed by atoms with Crippen molar-refractivity contribution < 1.29 is 9.90 Å². The number of carboxylic acids is 1. The molecular weight excluding hydrogens is 300 g/mol. The van der Waals surface area contributed by atoms with E-state index < -0.39 is 5.97 Å². The van der Waals surface area contributed by atoms with Gasteiger partial charge in [-0.1, -0.05) is 29.8 Å². The van der Waals surface area contributed by atoms with Gasteiger partial charge in [-0.05, 0) is 19.4 Å². The van der Waals surface area contributed by atoms with Crippen LogP contribution in [0.15, 0.2) is 34.4 Å². The van der Waals surface area contributed by atoms with Crippen molar-refractivity contribution in [1.29, 1.82) is 0 Å². The van der Waals surface area contributed by atoms with Crippen LogP contribution in [-0.2, 0) is 11.3 Å². The molecule has 0 aliphatic carbocycles. The second-order valence-electron chi connectivity index (χ2n) is 5.14. The van der Waals surface area contributed by atoms with E-state index in [1.807, 2.05) is 36.6 Å². The lowest BCUT2D eigenvalue weighted by Crippen LogP contribution is -2.27. The molecule has 0 aliphatic rings. The Bertz CT molecular complexity index is 923. The third-order valence-corrected chi connectivity index (χ3v) is 4.41. The topological polar surface area (TPSA) is 72.2 Å². The maximum atomic E-state index is 12.7. The Labute approximate surface area is 130 Å². The van der Waals surface area contributed by atoms with Crippen LogP contribution in [0, 0.1) is 13.8 Å². The lowest BCUT2D eigenvalue weighted by atomic mass is 10.1. The first-order valence-corrected chi connectivity index (χ1v) is 7.63. The highest BCUT2D eigenvalue weighted by atomic mass is 32.1. The van der Waals surface area contributed by atoms with Crippen LogP contribution in [0.4, 0.5) is 0 Å². The number of aryl methyl sites for hydroxylation is 2. The minimum Gasteiger partial charge on any atom is -0.480 e. The largest absolute Gasteiger partial charge is 0.480 e. The number of hydrogen-bond acceptors (Lipinski definition) is 4. The standard InChI is InChI=1S/C16H14N2O3S/c1-9-3-5-11(6-4-9)12-8-22-15-14(12)16(21)18(7-13(19)20)10(2)17-15/h3-6,8H,7H2,1-2H3,(H,19,20). The summed E-state index contributed by atoms with van der Waals surface area (Å²) in [6.07, 6.45) is 0. The van der Waals surface area contributed by atoms with E-state index in [9.17, 15) is 9.59 Å². The van der Waals surface area contributed by atoms with Gasteiger partial charge in [-0.3, -0.25) is 14.2 Å². The van der Waals surface area contributed by atoms with E-state index in [0.29, 0.717) is 16.0 Å². The summed E-state index contributed by atoms with van der Waals surface area (Å²) in [4.78, 5) is 28.6. The lowest BCUT2D eigenvalue weighted by Gasteiger charge is -2.07. The van der Waals surface area contributed by atoms with Crippen molar-refractivity contribution in [2.45, 2.75) is 20.4 Å². The van der Waals surface area contributed by atoms with Gasteiger partial charge in [0.2, 0.25) is 0 Å². The summed E-state index contributed by atoms with van der Waals surface area (Å²) >= 11 is 1.40. The molecule has 5 nitrogen and oxygen atoms in total. The zero-order chi connectivity index (χ0) is 15.9. The number of nitrogens with zero attached hydrogens (tertiary/aromatic N) is 2. The minimum absolute atomic E-state index is 0.304. The van der Waals surface area contributed by atoms with E-state index in [2.05, 4.69) is 4.98 Å². The number of hydrogen-bond donors (Lipinski definition) is 1. The highest BCUT2D eigenvalue weighted by molar-refractivity contribution is 7.17. The molecule has 0 saturated carbocycles. The van der Waals surface area contributed by atoms with E-state index >= 15 is 0 Å². The number of rotatable bonds is 3. The average molecular weight is 314 g/mol. The summed E-state index contributed by atoms with van der Waals surface area (Å²) in [7, 11) is 0. The van der Waals surface area contributed by atoms with Crippen LogP contribution in [0.25, 0.3) is 21.3 Å². The van der Waals surface area contributed by atoms with Crippen molar-refractivity contribution in [3.05, 3.63) is 51.4 Å². The molecule has 0 atom stereocenters. The van der Waals surface area contributed by atoms with Gasteiger partial charge in [-0.2, -0.15) is 0 Å². The molecule has 0 spiro atoms. The Morgan fingerprint density at radius 2 is 1.95 bits per heavy atom.